The van der Waals surface area contributed by atoms with Crippen LogP contribution in [-0.2, 0) is 9.47 Å². The van der Waals surface area contributed by atoms with Gasteiger partial charge in [-0.25, -0.2) is 9.59 Å². The highest BCUT2D eigenvalue weighted by Gasteiger charge is 2.19. The molecule has 0 unspecified atom stereocenters. The van der Waals surface area contributed by atoms with Gasteiger partial charge in [0.1, 0.15) is 70.4 Å². The molecule has 0 aromatic heterocycles. The number of aliphatic hydroxyl groups is 1. The first kappa shape index (κ1) is 89.8. The molecule has 16 nitrogen and oxygen atoms in total. The Hall–Kier alpha value is -5.20. The van der Waals surface area contributed by atoms with Crippen LogP contribution in [0.4, 0.5) is 9.59 Å². The number of ether oxygens (including phenoxy) is 7. The molecule has 0 bridgehead atoms. The van der Waals surface area contributed by atoms with Crippen molar-refractivity contribution in [1.82, 2.24) is 10.6 Å². The fraction of sp³-hybridized carbons (Fsp3) is 0.658. The third kappa shape index (κ3) is 49.0. The van der Waals surface area contributed by atoms with Gasteiger partial charge in [-0.15, -0.1) is 24.0 Å². The molecule has 4 aromatic carbocycles. The van der Waals surface area contributed by atoms with E-state index in [1.807, 2.05) is 98.7 Å². The monoisotopic (exact) mass is 1440 g/mol. The molecule has 0 aliphatic heterocycles. The van der Waals surface area contributed by atoms with E-state index in [9.17, 15) is 14.7 Å². The number of hydrogen-bond donors (Lipinski definition) is 7. The van der Waals surface area contributed by atoms with Gasteiger partial charge in [-0.1, -0.05) is 99.9 Å². The molecule has 0 radical (unpaired) electrons. The van der Waals surface area contributed by atoms with Crippen LogP contribution >= 0.6 is 39.9 Å². The fourth-order valence-electron chi connectivity index (χ4n) is 10.7. The molecule has 19 heteroatoms. The molecular formula is C76H126BrCl2N3O13. The van der Waals surface area contributed by atoms with Crippen LogP contribution in [-0.4, -0.2) is 115 Å². The number of halogens is 3. The number of alkyl carbamates (subject to hydrolysis) is 2. The van der Waals surface area contributed by atoms with Gasteiger partial charge in [-0.05, 0) is 228 Å². The lowest BCUT2D eigenvalue weighted by Crippen LogP contribution is -2.34. The average Bonchev–Trinajstić information content (AvgIpc) is 1.03. The normalized spacial score (nSPS) is 14.8. The number of aromatic hydroxyl groups is 3. The highest BCUT2D eigenvalue weighted by atomic mass is 79.9. The number of rotatable bonds is 19. The third-order valence-corrected chi connectivity index (χ3v) is 16.0. The Balaban J connectivity index is 0.00000114. The van der Waals surface area contributed by atoms with Crippen molar-refractivity contribution in [3.05, 3.63) is 95.1 Å². The highest BCUT2D eigenvalue weighted by molar-refractivity contribution is 9.09. The number of hydrogen-bond acceptors (Lipinski definition) is 14. The molecular weight excluding hydrogens is 1310 g/mol. The first-order valence-corrected chi connectivity index (χ1v) is 36.6. The summed E-state index contributed by atoms with van der Waals surface area (Å²) in [5.74, 6) is 7.78. The van der Waals surface area contributed by atoms with Gasteiger partial charge in [0.25, 0.3) is 0 Å². The molecule has 4 aromatic rings. The second-order valence-electron chi connectivity index (χ2n) is 26.8. The number of alkyl halides is 2. The standard InChI is InChI=1S/C21H33NO4.C16H25NO2.C14H20O2.C8H17NO2.C7H13Br.C7H8O2.C2H6O.CH3Cl.ClH/c1-16-12-18(24-11-10-22-20(23)26-21(2,3)4)14-19(13-16)25-15-17-8-6-5-7-9-17;1-13-9-15(18-8-7-17)11-16(10-13)19-12-14-5-3-2-4-6-14;1-11-7-13(15)9-14(8-11)16-10-12-5-3-2-4-6-12;1-5-6-9-7(10)11-8(2,3)4;8-6-7-4-2-1-3-5-7;1-5-2-6(8)4-7(9)3-5;1-2-3;1-2;/h12-14,17H,5-11,15H2,1-4H3,(H,22,23);9-11,14H,2-8,12,17H2,1H3;7-9,12,15H,2-6,10H2,1H3;5-6H2,1-4H3,(H,9,10);7H,1-6H2;2-4,8-9H,1H3;3H,2H2,1H3;1H3;1H. The Morgan fingerprint density at radius 1 is 0.463 bits per heavy atom. The van der Waals surface area contributed by atoms with Crippen LogP contribution in [0, 0.1) is 51.4 Å². The zero-order chi connectivity index (χ0) is 70.2. The quantitative estimate of drug-likeness (QED) is 0.0342. The molecule has 8 N–H and O–H groups in total. The summed E-state index contributed by atoms with van der Waals surface area (Å²) >= 11 is 8.15. The topological polar surface area (TPSA) is 230 Å². The number of phenols is 3. The molecule has 4 aliphatic rings. The van der Waals surface area contributed by atoms with Crippen molar-refractivity contribution in [2.75, 3.05) is 71.0 Å². The summed E-state index contributed by atoms with van der Waals surface area (Å²) < 4.78 is 39.2. The van der Waals surface area contributed by atoms with Crippen LogP contribution in [0.1, 0.15) is 212 Å². The molecule has 2 amide bonds. The van der Waals surface area contributed by atoms with E-state index in [0.29, 0.717) is 50.4 Å². The Labute approximate surface area is 593 Å². The van der Waals surface area contributed by atoms with Gasteiger partial charge in [-0.3, -0.25) is 0 Å². The molecule has 0 saturated heterocycles. The van der Waals surface area contributed by atoms with Crippen molar-refractivity contribution < 1.29 is 63.2 Å². The van der Waals surface area contributed by atoms with Crippen LogP contribution in [0.5, 0.6) is 46.0 Å². The number of carbonyl (C=O) groups is 2. The number of amides is 2. The fourth-order valence-corrected chi connectivity index (χ4v) is 11.4. The van der Waals surface area contributed by atoms with Gasteiger partial charge in [0.05, 0.1) is 26.4 Å². The summed E-state index contributed by atoms with van der Waals surface area (Å²) in [4.78, 5) is 22.5. The molecule has 0 atom stereocenters. The molecule has 4 aliphatic carbocycles. The average molecular weight is 1440 g/mol. The van der Waals surface area contributed by atoms with Gasteiger partial charge in [0.2, 0.25) is 0 Å². The number of benzene rings is 4. The summed E-state index contributed by atoms with van der Waals surface area (Å²) in [5, 5.41) is 41.2. The van der Waals surface area contributed by atoms with Crippen molar-refractivity contribution in [3.8, 4) is 46.0 Å². The van der Waals surface area contributed by atoms with Crippen LogP contribution in [0.3, 0.4) is 0 Å². The molecule has 8 rings (SSSR count). The predicted molar refractivity (Wildman–Crippen MR) is 397 cm³/mol. The second-order valence-corrected chi connectivity index (χ2v) is 27.4. The van der Waals surface area contributed by atoms with Crippen molar-refractivity contribution in [2.24, 2.45) is 29.4 Å². The summed E-state index contributed by atoms with van der Waals surface area (Å²) in [6, 6.07) is 21.9. The van der Waals surface area contributed by atoms with Gasteiger partial charge in [-0.2, -0.15) is 0 Å². The van der Waals surface area contributed by atoms with Crippen LogP contribution in [0.15, 0.2) is 72.8 Å². The maximum absolute atomic E-state index is 11.6. The Kier molecular flexibility index (Phi) is 50.9. The van der Waals surface area contributed by atoms with E-state index in [-0.39, 0.29) is 36.6 Å². The lowest BCUT2D eigenvalue weighted by atomic mass is 9.90. The minimum Gasteiger partial charge on any atom is -0.508 e. The lowest BCUT2D eigenvalue weighted by Gasteiger charge is -2.22. The Morgan fingerprint density at radius 2 is 0.747 bits per heavy atom. The first-order valence-electron chi connectivity index (χ1n) is 34.7. The Morgan fingerprint density at radius 3 is 1.04 bits per heavy atom. The largest absolute Gasteiger partial charge is 0.508 e. The van der Waals surface area contributed by atoms with E-state index >= 15 is 0 Å². The first-order chi connectivity index (χ1) is 44.8. The van der Waals surface area contributed by atoms with E-state index in [1.54, 1.807) is 38.1 Å². The van der Waals surface area contributed by atoms with E-state index < -0.39 is 17.3 Å². The number of aliphatic hydroxyl groups excluding tert-OH is 1. The second kappa shape index (κ2) is 53.8. The van der Waals surface area contributed by atoms with Crippen LogP contribution in [0.25, 0.3) is 0 Å². The number of nitrogens with two attached hydrogens (primary N) is 1. The van der Waals surface area contributed by atoms with Crippen molar-refractivity contribution in [3.63, 3.8) is 0 Å². The molecule has 0 spiro atoms. The third-order valence-electron chi connectivity index (χ3n) is 15.0. The maximum Gasteiger partial charge on any atom is 0.407 e. The van der Waals surface area contributed by atoms with Gasteiger partial charge >= 0.3 is 12.2 Å². The Bertz CT molecular complexity index is 2510. The molecule has 544 valence electrons. The summed E-state index contributed by atoms with van der Waals surface area (Å²) in [7, 11) is 0. The molecule has 4 saturated carbocycles. The summed E-state index contributed by atoms with van der Waals surface area (Å²) in [6.07, 6.45) is 28.9. The van der Waals surface area contributed by atoms with Gasteiger partial charge in [0, 0.05) is 55.7 Å². The van der Waals surface area contributed by atoms with Crippen molar-refractivity contribution in [2.45, 2.75) is 229 Å². The van der Waals surface area contributed by atoms with E-state index in [1.165, 1.54) is 146 Å². The zero-order valence-corrected chi connectivity index (χ0v) is 63.5. The van der Waals surface area contributed by atoms with E-state index in [4.69, 9.17) is 54.2 Å². The molecule has 0 heterocycles. The predicted octanol–water partition coefficient (Wildman–Crippen LogP) is 19.4. The van der Waals surface area contributed by atoms with Crippen LogP contribution < -0.4 is 40.1 Å². The minimum absolute atomic E-state index is 0. The zero-order valence-electron chi connectivity index (χ0n) is 60.4. The van der Waals surface area contributed by atoms with Crippen LogP contribution in [0.2, 0.25) is 0 Å². The van der Waals surface area contributed by atoms with Gasteiger partial charge < -0.3 is 70.0 Å². The summed E-state index contributed by atoms with van der Waals surface area (Å²) in [6.45, 7) is 27.8. The van der Waals surface area contributed by atoms with Gasteiger partial charge in [0.15, 0.2) is 0 Å². The smallest absolute Gasteiger partial charge is 0.407 e. The minimum atomic E-state index is -0.494. The maximum atomic E-state index is 11.6. The van der Waals surface area contributed by atoms with E-state index in [0.717, 1.165) is 89.1 Å². The number of aryl methyl sites for hydroxylation is 4. The molecule has 4 fully saturated rings. The number of carbonyl (C=O) groups excluding carboxylic acids is 2. The van der Waals surface area contributed by atoms with Crippen molar-refractivity contribution in [1.29, 1.82) is 0 Å². The SMILES string of the molecule is BrCC1CCCCC1.CCCNC(=O)OC(C)(C)C.CCO.CCl.Cc1cc(O)cc(O)c1.Cc1cc(O)cc(OCC2CCCCC2)c1.Cc1cc(OCCN)cc(OCC2CCCCC2)c1.Cc1cc(OCCNC(=O)OC(C)(C)C)cc(OCC2CCCCC2)c1.Cl. The molecule has 95 heavy (non-hydrogen) atoms. The lowest BCUT2D eigenvalue weighted by molar-refractivity contribution is 0.0512. The van der Waals surface area contributed by atoms with Crippen molar-refractivity contribution >= 4 is 52.1 Å². The number of nitrogens with one attached hydrogen (secondary N) is 2. The number of phenolic OH excluding ortho intramolecular Hbond substituents is 3. The summed E-state index contributed by atoms with van der Waals surface area (Å²) in [5.41, 5.74) is 8.72. The highest BCUT2D eigenvalue weighted by Crippen LogP contribution is 2.31. The van der Waals surface area contributed by atoms with E-state index in [2.05, 4.69) is 51.2 Å².